The molecule has 0 bridgehead atoms. The van der Waals surface area contributed by atoms with Crippen molar-refractivity contribution in [1.82, 2.24) is 0 Å². The monoisotopic (exact) mass is 376 g/mol. The summed E-state index contributed by atoms with van der Waals surface area (Å²) < 4.78 is 30.8. The van der Waals surface area contributed by atoms with Crippen molar-refractivity contribution in [3.8, 4) is 11.5 Å². The Hall–Kier alpha value is -3.18. The van der Waals surface area contributed by atoms with E-state index in [4.69, 9.17) is 4.74 Å². The van der Waals surface area contributed by atoms with Crippen LogP contribution in [0, 0.1) is 0 Å². The van der Waals surface area contributed by atoms with E-state index in [1.807, 2.05) is 42.5 Å². The maximum absolute atomic E-state index is 12.7. The molecule has 134 valence electrons. The lowest BCUT2D eigenvalue weighted by Crippen LogP contribution is -2.24. The van der Waals surface area contributed by atoms with Crippen LogP contribution in [-0.4, -0.2) is 20.0 Å². The highest BCUT2D eigenvalue weighted by molar-refractivity contribution is 7.91. The summed E-state index contributed by atoms with van der Waals surface area (Å²) >= 11 is 0. The molecule has 0 amide bonds. The average Bonchev–Trinajstić information content (AvgIpc) is 2.67. The second kappa shape index (κ2) is 6.85. The number of para-hydroxylation sites is 1. The molecule has 1 aliphatic heterocycles. The maximum atomic E-state index is 12.7. The van der Waals surface area contributed by atoms with Gasteiger partial charge in [0.25, 0.3) is 0 Å². The van der Waals surface area contributed by atoms with Crippen LogP contribution < -0.4 is 4.74 Å². The Morgan fingerprint density at radius 1 is 0.815 bits per heavy atom. The molecule has 0 N–H and O–H groups in total. The third-order valence-electron chi connectivity index (χ3n) is 4.28. The average molecular weight is 376 g/mol. The molecule has 0 spiro atoms. The molecule has 1 heterocycles. The number of sulfone groups is 1. The molecule has 4 rings (SSSR count). The highest BCUT2D eigenvalue weighted by Gasteiger charge is 2.32. The van der Waals surface area contributed by atoms with Crippen LogP contribution in [0.25, 0.3) is 6.08 Å². The zero-order chi connectivity index (χ0) is 18.9. The molecular weight excluding hydrogens is 360 g/mol. The number of ether oxygens (including phenoxy) is 1. The summed E-state index contributed by atoms with van der Waals surface area (Å²) in [4.78, 5) is 12.8. The van der Waals surface area contributed by atoms with E-state index in [-0.39, 0.29) is 27.6 Å². The number of hydrogen-bond acceptors (Lipinski definition) is 4. The molecule has 0 fully saturated rings. The summed E-state index contributed by atoms with van der Waals surface area (Å²) in [5.74, 6) is 0.761. The van der Waals surface area contributed by atoms with Crippen molar-refractivity contribution in [2.75, 3.05) is 5.75 Å². The van der Waals surface area contributed by atoms with Crippen molar-refractivity contribution in [1.29, 1.82) is 0 Å². The number of hydrogen-bond donors (Lipinski definition) is 0. The highest BCUT2D eigenvalue weighted by Crippen LogP contribution is 2.29. The number of carbonyl (C=O) groups is 1. The Morgan fingerprint density at radius 2 is 1.52 bits per heavy atom. The van der Waals surface area contributed by atoms with E-state index in [1.165, 1.54) is 6.07 Å². The summed E-state index contributed by atoms with van der Waals surface area (Å²) in [7, 11) is -3.52. The summed E-state index contributed by atoms with van der Waals surface area (Å²) in [6.07, 6.45) is 1.62. The fourth-order valence-corrected chi connectivity index (χ4v) is 4.61. The lowest BCUT2D eigenvalue weighted by molar-refractivity contribution is 0.103. The van der Waals surface area contributed by atoms with Crippen LogP contribution in [0.15, 0.2) is 89.3 Å². The molecule has 3 aromatic carbocycles. The molecule has 0 saturated carbocycles. The third kappa shape index (κ3) is 3.55. The van der Waals surface area contributed by atoms with Gasteiger partial charge in [-0.3, -0.25) is 4.79 Å². The Bertz CT molecular complexity index is 1150. The van der Waals surface area contributed by atoms with Crippen molar-refractivity contribution in [2.45, 2.75) is 4.90 Å². The largest absolute Gasteiger partial charge is 0.457 e. The second-order valence-electron chi connectivity index (χ2n) is 6.24. The molecule has 0 atom stereocenters. The van der Waals surface area contributed by atoms with E-state index < -0.39 is 9.84 Å². The van der Waals surface area contributed by atoms with Crippen molar-refractivity contribution < 1.29 is 17.9 Å². The first-order valence-electron chi connectivity index (χ1n) is 8.43. The summed E-state index contributed by atoms with van der Waals surface area (Å²) in [6.45, 7) is 0. The van der Waals surface area contributed by atoms with Gasteiger partial charge in [-0.25, -0.2) is 8.42 Å². The van der Waals surface area contributed by atoms with Gasteiger partial charge in [0.05, 0.1) is 10.6 Å². The fourth-order valence-electron chi connectivity index (χ4n) is 3.05. The number of fused-ring (bicyclic) bond motifs is 1. The van der Waals surface area contributed by atoms with Gasteiger partial charge in [0.15, 0.2) is 15.6 Å². The number of carbonyl (C=O) groups excluding carboxylic acids is 1. The molecule has 0 unspecified atom stereocenters. The van der Waals surface area contributed by atoms with Crippen molar-refractivity contribution >= 4 is 21.7 Å². The first-order valence-corrected chi connectivity index (χ1v) is 10.1. The second-order valence-corrected chi connectivity index (χ2v) is 8.20. The molecule has 0 saturated heterocycles. The van der Waals surface area contributed by atoms with Gasteiger partial charge in [-0.2, -0.15) is 0 Å². The van der Waals surface area contributed by atoms with E-state index in [0.29, 0.717) is 17.1 Å². The Balaban J connectivity index is 1.68. The van der Waals surface area contributed by atoms with Gasteiger partial charge in [-0.1, -0.05) is 42.5 Å². The minimum Gasteiger partial charge on any atom is -0.457 e. The quantitative estimate of drug-likeness (QED) is 0.630. The van der Waals surface area contributed by atoms with Crippen LogP contribution in [-0.2, 0) is 9.84 Å². The highest BCUT2D eigenvalue weighted by atomic mass is 32.2. The lowest BCUT2D eigenvalue weighted by Gasteiger charge is -2.17. The van der Waals surface area contributed by atoms with Crippen molar-refractivity contribution in [2.24, 2.45) is 0 Å². The first kappa shape index (κ1) is 17.2. The molecule has 5 heteroatoms. The van der Waals surface area contributed by atoms with E-state index in [9.17, 15) is 13.2 Å². The predicted octanol–water partition coefficient (Wildman–Crippen LogP) is 4.53. The van der Waals surface area contributed by atoms with Crippen LogP contribution in [0.1, 0.15) is 15.9 Å². The molecule has 3 aromatic rings. The van der Waals surface area contributed by atoms with Gasteiger partial charge in [0, 0.05) is 11.1 Å². The maximum Gasteiger partial charge on any atom is 0.191 e. The van der Waals surface area contributed by atoms with Crippen LogP contribution in [0.5, 0.6) is 11.5 Å². The SMILES string of the molecule is O=C1/C(=C/c2cccc(Oc3ccccc3)c2)CS(=O)(=O)c2ccccc21. The molecule has 0 aromatic heterocycles. The Kier molecular flexibility index (Phi) is 4.38. The Labute approximate surface area is 157 Å². The number of rotatable bonds is 3. The van der Waals surface area contributed by atoms with Gasteiger partial charge in [-0.05, 0) is 48.0 Å². The zero-order valence-electron chi connectivity index (χ0n) is 14.3. The normalized spacial score (nSPS) is 16.7. The van der Waals surface area contributed by atoms with Gasteiger partial charge in [0.1, 0.15) is 11.5 Å². The number of benzene rings is 3. The third-order valence-corrected chi connectivity index (χ3v) is 6.00. The summed E-state index contributed by atoms with van der Waals surface area (Å²) in [6, 6.07) is 22.9. The van der Waals surface area contributed by atoms with E-state index >= 15 is 0 Å². The summed E-state index contributed by atoms with van der Waals surface area (Å²) in [5.41, 5.74) is 1.19. The molecule has 0 radical (unpaired) electrons. The lowest BCUT2D eigenvalue weighted by atomic mass is 10.0. The van der Waals surface area contributed by atoms with Gasteiger partial charge < -0.3 is 4.74 Å². The zero-order valence-corrected chi connectivity index (χ0v) is 15.1. The fraction of sp³-hybridized carbons (Fsp3) is 0.0455. The molecule has 1 aliphatic rings. The number of ketones is 1. The topological polar surface area (TPSA) is 60.4 Å². The molecule has 0 aliphatic carbocycles. The van der Waals surface area contributed by atoms with Crippen LogP contribution >= 0.6 is 0 Å². The van der Waals surface area contributed by atoms with Crippen LogP contribution in [0.2, 0.25) is 0 Å². The van der Waals surface area contributed by atoms with Crippen molar-refractivity contribution in [3.63, 3.8) is 0 Å². The van der Waals surface area contributed by atoms with E-state index in [2.05, 4.69) is 0 Å². The van der Waals surface area contributed by atoms with Crippen LogP contribution in [0.4, 0.5) is 0 Å². The van der Waals surface area contributed by atoms with Gasteiger partial charge in [-0.15, -0.1) is 0 Å². The molecule has 4 nitrogen and oxygen atoms in total. The van der Waals surface area contributed by atoms with E-state index in [1.54, 1.807) is 36.4 Å². The molecular formula is C22H16O4S. The summed E-state index contributed by atoms with van der Waals surface area (Å²) in [5, 5.41) is 0. The molecule has 27 heavy (non-hydrogen) atoms. The van der Waals surface area contributed by atoms with Gasteiger partial charge >= 0.3 is 0 Å². The predicted molar refractivity (Wildman–Crippen MR) is 104 cm³/mol. The smallest absolute Gasteiger partial charge is 0.191 e. The van der Waals surface area contributed by atoms with Gasteiger partial charge in [0.2, 0.25) is 0 Å². The van der Waals surface area contributed by atoms with Crippen molar-refractivity contribution in [3.05, 3.63) is 95.6 Å². The first-order chi connectivity index (χ1) is 13.0. The number of Topliss-reactive ketones (excluding diaryl/α,β-unsaturated/α-hetero) is 1. The minimum absolute atomic E-state index is 0.105. The standard InChI is InChI=1S/C22H16O4S/c23-22-17(15-27(24,25)21-12-5-4-11-20(21)22)13-16-7-6-10-19(14-16)26-18-8-2-1-3-9-18/h1-14H,15H2/b17-13+. The van der Waals surface area contributed by atoms with E-state index in [0.717, 1.165) is 0 Å². The minimum atomic E-state index is -3.52. The van der Waals surface area contributed by atoms with Crippen LogP contribution in [0.3, 0.4) is 0 Å². The Morgan fingerprint density at radius 3 is 2.33 bits per heavy atom.